The summed E-state index contributed by atoms with van der Waals surface area (Å²) in [7, 11) is 0. The Morgan fingerprint density at radius 1 is 1.08 bits per heavy atom. The van der Waals surface area contributed by atoms with Crippen LogP contribution in [0.5, 0.6) is 0 Å². The summed E-state index contributed by atoms with van der Waals surface area (Å²) in [6, 6.07) is 10.3. The summed E-state index contributed by atoms with van der Waals surface area (Å²) in [5.74, 6) is -0.916. The van der Waals surface area contributed by atoms with E-state index in [1.807, 2.05) is 44.2 Å². The number of fused-ring (bicyclic) bond motifs is 1. The van der Waals surface area contributed by atoms with Crippen LogP contribution in [0.25, 0.3) is 10.9 Å². The van der Waals surface area contributed by atoms with E-state index in [-0.39, 0.29) is 17.5 Å². The van der Waals surface area contributed by atoms with Crippen molar-refractivity contribution in [2.45, 2.75) is 46.3 Å². The lowest BCUT2D eigenvalue weighted by molar-refractivity contribution is -0.158. The zero-order valence-corrected chi connectivity index (χ0v) is 14.8. The second kappa shape index (κ2) is 6.99. The summed E-state index contributed by atoms with van der Waals surface area (Å²) in [6.45, 7) is 9.13. The lowest BCUT2D eigenvalue weighted by Gasteiger charge is -2.26. The molecule has 1 aromatic heterocycles. The first-order chi connectivity index (χ1) is 11.2. The molecule has 0 radical (unpaired) electrons. The molecule has 0 unspecified atom stereocenters. The summed E-state index contributed by atoms with van der Waals surface area (Å²) in [6.07, 6.45) is 0. The molecule has 2 rings (SSSR count). The fourth-order valence-corrected chi connectivity index (χ4v) is 2.27. The van der Waals surface area contributed by atoms with Crippen molar-refractivity contribution in [2.24, 2.45) is 5.92 Å². The van der Waals surface area contributed by atoms with Gasteiger partial charge in [0.15, 0.2) is 0 Å². The van der Waals surface area contributed by atoms with Crippen LogP contribution in [0.3, 0.4) is 0 Å². The van der Waals surface area contributed by atoms with E-state index in [0.717, 1.165) is 10.9 Å². The number of esters is 1. The molecule has 0 aliphatic heterocycles. The number of carbonyl (C=O) groups excluding carboxylic acids is 2. The van der Waals surface area contributed by atoms with E-state index in [2.05, 4.69) is 10.3 Å². The monoisotopic (exact) mass is 328 g/mol. The van der Waals surface area contributed by atoms with Crippen molar-refractivity contribution in [1.82, 2.24) is 10.3 Å². The molecule has 1 heterocycles. The average molecular weight is 328 g/mol. The van der Waals surface area contributed by atoms with Crippen LogP contribution in [0.1, 0.15) is 45.1 Å². The van der Waals surface area contributed by atoms with Crippen LogP contribution in [0, 0.1) is 5.92 Å². The summed E-state index contributed by atoms with van der Waals surface area (Å²) in [4.78, 5) is 29.2. The number of benzene rings is 1. The van der Waals surface area contributed by atoms with Crippen molar-refractivity contribution in [3.05, 3.63) is 42.1 Å². The number of aromatic nitrogens is 1. The van der Waals surface area contributed by atoms with Gasteiger partial charge in [-0.2, -0.15) is 0 Å². The van der Waals surface area contributed by atoms with E-state index in [4.69, 9.17) is 4.74 Å². The fraction of sp³-hybridized carbons (Fsp3) is 0.421. The number of amides is 1. The molecule has 0 spiro atoms. The SMILES string of the molecule is CC(C)[C@H](NC(=O)c1ccc2ccccc2n1)C(=O)OC(C)(C)C. The number of pyridine rings is 1. The van der Waals surface area contributed by atoms with Gasteiger partial charge in [0.05, 0.1) is 5.52 Å². The van der Waals surface area contributed by atoms with Gasteiger partial charge in [0, 0.05) is 5.39 Å². The minimum atomic E-state index is -0.718. The maximum absolute atomic E-state index is 12.5. The zero-order chi connectivity index (χ0) is 17.9. The lowest BCUT2D eigenvalue weighted by Crippen LogP contribution is -2.47. The predicted octanol–water partition coefficient (Wildman–Crippen LogP) is 3.33. The van der Waals surface area contributed by atoms with E-state index < -0.39 is 17.6 Å². The highest BCUT2D eigenvalue weighted by Gasteiger charge is 2.29. The Bertz CT molecular complexity index is 748. The van der Waals surface area contributed by atoms with E-state index >= 15 is 0 Å². The van der Waals surface area contributed by atoms with Gasteiger partial charge in [-0.25, -0.2) is 9.78 Å². The molecule has 1 aromatic carbocycles. The molecule has 5 nitrogen and oxygen atoms in total. The van der Waals surface area contributed by atoms with Crippen molar-refractivity contribution in [2.75, 3.05) is 0 Å². The largest absolute Gasteiger partial charge is 0.458 e. The molecule has 2 aromatic rings. The Kier molecular flexibility index (Phi) is 5.22. The van der Waals surface area contributed by atoms with Gasteiger partial charge in [0.1, 0.15) is 17.3 Å². The van der Waals surface area contributed by atoms with E-state index in [0.29, 0.717) is 0 Å². The number of carbonyl (C=O) groups is 2. The minimum Gasteiger partial charge on any atom is -0.458 e. The molecule has 1 N–H and O–H groups in total. The Balaban J connectivity index is 2.18. The molecule has 24 heavy (non-hydrogen) atoms. The van der Waals surface area contributed by atoms with E-state index in [1.54, 1.807) is 26.8 Å². The van der Waals surface area contributed by atoms with Gasteiger partial charge in [0.25, 0.3) is 5.91 Å². The molecular formula is C19H24N2O3. The summed E-state index contributed by atoms with van der Waals surface area (Å²) >= 11 is 0. The third kappa shape index (κ3) is 4.54. The molecule has 0 bridgehead atoms. The highest BCUT2D eigenvalue weighted by atomic mass is 16.6. The second-order valence-electron chi connectivity index (χ2n) is 7.12. The van der Waals surface area contributed by atoms with Crippen molar-refractivity contribution in [1.29, 1.82) is 0 Å². The number of nitrogens with zero attached hydrogens (tertiary/aromatic N) is 1. The van der Waals surface area contributed by atoms with E-state index in [1.165, 1.54) is 0 Å². The van der Waals surface area contributed by atoms with Crippen LogP contribution in [0.4, 0.5) is 0 Å². The van der Waals surface area contributed by atoms with Gasteiger partial charge in [0.2, 0.25) is 0 Å². The lowest BCUT2D eigenvalue weighted by atomic mass is 10.0. The molecule has 0 aliphatic carbocycles. The van der Waals surface area contributed by atoms with Crippen LogP contribution in [0.15, 0.2) is 36.4 Å². The number of ether oxygens (including phenoxy) is 1. The van der Waals surface area contributed by atoms with Gasteiger partial charge < -0.3 is 10.1 Å². The van der Waals surface area contributed by atoms with Crippen LogP contribution in [-0.2, 0) is 9.53 Å². The first-order valence-corrected chi connectivity index (χ1v) is 8.07. The standard InChI is InChI=1S/C19H24N2O3/c1-12(2)16(18(23)24-19(3,4)5)21-17(22)15-11-10-13-8-6-7-9-14(13)20-15/h6-12,16H,1-5H3,(H,21,22)/t16-/m0/s1. The van der Waals surface area contributed by atoms with Gasteiger partial charge in [-0.15, -0.1) is 0 Å². The zero-order valence-electron chi connectivity index (χ0n) is 14.8. The molecule has 0 saturated heterocycles. The molecule has 0 aliphatic rings. The first-order valence-electron chi connectivity index (χ1n) is 8.07. The van der Waals surface area contributed by atoms with Crippen molar-refractivity contribution < 1.29 is 14.3 Å². The minimum absolute atomic E-state index is 0.0933. The molecule has 1 atom stereocenters. The molecular weight excluding hydrogens is 304 g/mol. The number of hydrogen-bond donors (Lipinski definition) is 1. The fourth-order valence-electron chi connectivity index (χ4n) is 2.27. The average Bonchev–Trinajstić information content (AvgIpc) is 2.49. The van der Waals surface area contributed by atoms with Crippen molar-refractivity contribution in [3.8, 4) is 0 Å². The molecule has 5 heteroatoms. The normalized spacial score (nSPS) is 12.9. The highest BCUT2D eigenvalue weighted by Crippen LogP contribution is 2.14. The first kappa shape index (κ1) is 17.9. The van der Waals surface area contributed by atoms with Gasteiger partial charge in [-0.1, -0.05) is 38.1 Å². The predicted molar refractivity (Wildman–Crippen MR) is 93.7 cm³/mol. The summed E-state index contributed by atoms with van der Waals surface area (Å²) in [5, 5.41) is 3.70. The van der Waals surface area contributed by atoms with Crippen molar-refractivity contribution in [3.63, 3.8) is 0 Å². The van der Waals surface area contributed by atoms with Crippen LogP contribution in [-0.4, -0.2) is 28.5 Å². The Morgan fingerprint density at radius 3 is 2.38 bits per heavy atom. The van der Waals surface area contributed by atoms with Gasteiger partial charge >= 0.3 is 5.97 Å². The summed E-state index contributed by atoms with van der Waals surface area (Å²) in [5.41, 5.74) is 0.419. The van der Waals surface area contributed by atoms with Crippen LogP contribution < -0.4 is 5.32 Å². The quantitative estimate of drug-likeness (QED) is 0.874. The molecule has 0 fully saturated rings. The third-order valence-electron chi connectivity index (χ3n) is 3.45. The smallest absolute Gasteiger partial charge is 0.329 e. The Hall–Kier alpha value is -2.43. The van der Waals surface area contributed by atoms with Gasteiger partial charge in [-0.05, 0) is 38.8 Å². The number of para-hydroxylation sites is 1. The number of hydrogen-bond acceptors (Lipinski definition) is 4. The van der Waals surface area contributed by atoms with Crippen LogP contribution in [0.2, 0.25) is 0 Å². The number of nitrogens with one attached hydrogen (secondary N) is 1. The highest BCUT2D eigenvalue weighted by molar-refractivity contribution is 5.97. The van der Waals surface area contributed by atoms with Crippen LogP contribution >= 0.6 is 0 Å². The molecule has 128 valence electrons. The maximum Gasteiger partial charge on any atom is 0.329 e. The Morgan fingerprint density at radius 2 is 1.75 bits per heavy atom. The molecule has 1 amide bonds. The third-order valence-corrected chi connectivity index (χ3v) is 3.45. The second-order valence-corrected chi connectivity index (χ2v) is 7.12. The summed E-state index contributed by atoms with van der Waals surface area (Å²) < 4.78 is 5.39. The van der Waals surface area contributed by atoms with E-state index in [9.17, 15) is 9.59 Å². The van der Waals surface area contributed by atoms with Gasteiger partial charge in [-0.3, -0.25) is 4.79 Å². The maximum atomic E-state index is 12.5. The van der Waals surface area contributed by atoms with Crippen molar-refractivity contribution >= 4 is 22.8 Å². The molecule has 0 saturated carbocycles. The Labute approximate surface area is 142 Å². The number of rotatable bonds is 4. The topological polar surface area (TPSA) is 68.3 Å².